The lowest BCUT2D eigenvalue weighted by Gasteiger charge is -2.09. The zero-order valence-electron chi connectivity index (χ0n) is 10.8. The molecule has 0 fully saturated rings. The predicted octanol–water partition coefficient (Wildman–Crippen LogP) is 3.14. The number of hydrogen-bond acceptors (Lipinski definition) is 4. The molecule has 0 saturated heterocycles. The predicted molar refractivity (Wildman–Crippen MR) is 80.1 cm³/mol. The Morgan fingerprint density at radius 3 is 2.57 bits per heavy atom. The highest BCUT2D eigenvalue weighted by molar-refractivity contribution is 6.35. The van der Waals surface area contributed by atoms with Gasteiger partial charge in [0.25, 0.3) is 0 Å². The maximum absolute atomic E-state index is 10.7. The molecular formula is C14H12Cl2N2O3. The van der Waals surface area contributed by atoms with Crippen LogP contribution in [0.2, 0.25) is 10.0 Å². The molecule has 110 valence electrons. The van der Waals surface area contributed by atoms with E-state index in [0.717, 1.165) is 5.56 Å². The van der Waals surface area contributed by atoms with Crippen molar-refractivity contribution in [3.05, 3.63) is 52.1 Å². The van der Waals surface area contributed by atoms with Crippen LogP contribution in [-0.4, -0.2) is 22.1 Å². The number of nitrogens with two attached hydrogens (primary N) is 1. The Morgan fingerprint density at radius 1 is 1.33 bits per heavy atom. The number of pyridine rings is 1. The largest absolute Gasteiger partial charge is 0.480 e. The maximum atomic E-state index is 10.7. The van der Waals surface area contributed by atoms with Crippen LogP contribution in [0.3, 0.4) is 0 Å². The molecule has 7 heteroatoms. The summed E-state index contributed by atoms with van der Waals surface area (Å²) < 4.78 is 5.52. The normalized spacial score (nSPS) is 12.0. The lowest BCUT2D eigenvalue weighted by Crippen LogP contribution is -2.32. The zero-order chi connectivity index (χ0) is 15.4. The monoisotopic (exact) mass is 326 g/mol. The standard InChI is InChI=1S/C14H12Cl2N2O3/c15-9-6-11(16)13(18-7-9)21-10-3-1-8(2-4-10)5-12(17)14(19)20/h1-4,6-7,12H,5,17H2,(H,19,20). The summed E-state index contributed by atoms with van der Waals surface area (Å²) in [5.41, 5.74) is 6.27. The molecule has 1 heterocycles. The van der Waals surface area contributed by atoms with Crippen LogP contribution in [0.15, 0.2) is 36.5 Å². The average molecular weight is 327 g/mol. The first-order chi connectivity index (χ1) is 9.95. The Bertz CT molecular complexity index is 647. The van der Waals surface area contributed by atoms with E-state index in [0.29, 0.717) is 15.8 Å². The molecule has 0 bridgehead atoms. The van der Waals surface area contributed by atoms with Gasteiger partial charge in [0.1, 0.15) is 16.8 Å². The van der Waals surface area contributed by atoms with Gasteiger partial charge in [-0.05, 0) is 30.2 Å². The minimum Gasteiger partial charge on any atom is -0.480 e. The quantitative estimate of drug-likeness (QED) is 0.881. The highest BCUT2D eigenvalue weighted by atomic mass is 35.5. The van der Waals surface area contributed by atoms with Crippen molar-refractivity contribution in [2.75, 3.05) is 0 Å². The molecule has 2 aromatic rings. The van der Waals surface area contributed by atoms with E-state index in [9.17, 15) is 4.79 Å². The molecule has 2 rings (SSSR count). The van der Waals surface area contributed by atoms with Gasteiger partial charge in [-0.1, -0.05) is 35.3 Å². The fourth-order valence-corrected chi connectivity index (χ4v) is 2.04. The summed E-state index contributed by atoms with van der Waals surface area (Å²) >= 11 is 11.7. The number of carboxylic acid groups (broad SMARTS) is 1. The van der Waals surface area contributed by atoms with Crippen LogP contribution < -0.4 is 10.5 Å². The van der Waals surface area contributed by atoms with Gasteiger partial charge in [-0.25, -0.2) is 4.98 Å². The average Bonchev–Trinajstić information content (AvgIpc) is 2.43. The number of hydrogen-bond donors (Lipinski definition) is 2. The van der Waals surface area contributed by atoms with E-state index in [1.165, 1.54) is 12.3 Å². The number of carbonyl (C=O) groups is 1. The molecule has 21 heavy (non-hydrogen) atoms. The van der Waals surface area contributed by atoms with Crippen LogP contribution in [0.25, 0.3) is 0 Å². The molecular weight excluding hydrogens is 315 g/mol. The van der Waals surface area contributed by atoms with Gasteiger partial charge in [0, 0.05) is 6.20 Å². The lowest BCUT2D eigenvalue weighted by molar-refractivity contribution is -0.138. The molecule has 1 aromatic heterocycles. The Balaban J connectivity index is 2.07. The Labute approximate surface area is 131 Å². The Hall–Kier alpha value is -1.82. The van der Waals surface area contributed by atoms with E-state index in [2.05, 4.69) is 4.98 Å². The van der Waals surface area contributed by atoms with Crippen molar-refractivity contribution in [2.45, 2.75) is 12.5 Å². The van der Waals surface area contributed by atoms with Crippen LogP contribution in [-0.2, 0) is 11.2 Å². The Kier molecular flexibility index (Phi) is 5.01. The minimum absolute atomic E-state index is 0.246. The summed E-state index contributed by atoms with van der Waals surface area (Å²) in [5.74, 6) is -0.261. The highest BCUT2D eigenvalue weighted by Gasteiger charge is 2.12. The number of nitrogens with zero attached hydrogens (tertiary/aromatic N) is 1. The molecule has 0 amide bonds. The van der Waals surface area contributed by atoms with Crippen LogP contribution in [0.4, 0.5) is 0 Å². The van der Waals surface area contributed by atoms with Crippen molar-refractivity contribution in [1.29, 1.82) is 0 Å². The molecule has 1 atom stereocenters. The number of carboxylic acids is 1. The third-order valence-electron chi connectivity index (χ3n) is 2.68. The molecule has 0 aliphatic rings. The second-order valence-corrected chi connectivity index (χ2v) is 5.18. The van der Waals surface area contributed by atoms with Gasteiger partial charge in [0.15, 0.2) is 0 Å². The van der Waals surface area contributed by atoms with Crippen LogP contribution >= 0.6 is 23.2 Å². The molecule has 0 radical (unpaired) electrons. The highest BCUT2D eigenvalue weighted by Crippen LogP contribution is 2.29. The number of halogens is 2. The van der Waals surface area contributed by atoms with Crippen LogP contribution in [0, 0.1) is 0 Å². The summed E-state index contributed by atoms with van der Waals surface area (Å²) in [6.45, 7) is 0. The zero-order valence-corrected chi connectivity index (χ0v) is 12.3. The second-order valence-electron chi connectivity index (χ2n) is 4.34. The van der Waals surface area contributed by atoms with E-state index < -0.39 is 12.0 Å². The molecule has 0 aliphatic heterocycles. The van der Waals surface area contributed by atoms with Crippen molar-refractivity contribution in [3.63, 3.8) is 0 Å². The first kappa shape index (κ1) is 15.6. The molecule has 0 saturated carbocycles. The van der Waals surface area contributed by atoms with Crippen LogP contribution in [0.5, 0.6) is 11.6 Å². The molecule has 0 spiro atoms. The minimum atomic E-state index is -1.03. The summed E-state index contributed by atoms with van der Waals surface area (Å²) in [7, 11) is 0. The topological polar surface area (TPSA) is 85.4 Å². The molecule has 1 aromatic carbocycles. The number of aliphatic carboxylic acids is 1. The third-order valence-corrected chi connectivity index (χ3v) is 3.16. The van der Waals surface area contributed by atoms with Crippen molar-refractivity contribution in [3.8, 4) is 11.6 Å². The van der Waals surface area contributed by atoms with Gasteiger partial charge >= 0.3 is 5.97 Å². The summed E-state index contributed by atoms with van der Waals surface area (Å²) in [5, 5.41) is 9.49. The lowest BCUT2D eigenvalue weighted by atomic mass is 10.1. The van der Waals surface area contributed by atoms with Crippen LogP contribution in [0.1, 0.15) is 5.56 Å². The molecule has 5 nitrogen and oxygen atoms in total. The van der Waals surface area contributed by atoms with E-state index in [-0.39, 0.29) is 12.3 Å². The first-order valence-corrected chi connectivity index (χ1v) is 6.77. The first-order valence-electron chi connectivity index (χ1n) is 6.02. The third kappa shape index (κ3) is 4.32. The fraction of sp³-hybridized carbons (Fsp3) is 0.143. The van der Waals surface area contributed by atoms with Gasteiger partial charge in [0.2, 0.25) is 5.88 Å². The van der Waals surface area contributed by atoms with Crippen molar-refractivity contribution < 1.29 is 14.6 Å². The van der Waals surface area contributed by atoms with E-state index >= 15 is 0 Å². The number of aromatic nitrogens is 1. The van der Waals surface area contributed by atoms with E-state index in [4.69, 9.17) is 38.8 Å². The fourth-order valence-electron chi connectivity index (χ4n) is 1.62. The van der Waals surface area contributed by atoms with Crippen molar-refractivity contribution in [2.24, 2.45) is 5.73 Å². The number of ether oxygens (including phenoxy) is 1. The summed E-state index contributed by atoms with van der Waals surface area (Å²) in [6, 6.07) is 7.46. The van der Waals surface area contributed by atoms with E-state index in [1.54, 1.807) is 24.3 Å². The van der Waals surface area contributed by atoms with Gasteiger partial charge < -0.3 is 15.6 Å². The van der Waals surface area contributed by atoms with Gasteiger partial charge in [-0.15, -0.1) is 0 Å². The van der Waals surface area contributed by atoms with Gasteiger partial charge in [-0.2, -0.15) is 0 Å². The summed E-state index contributed by atoms with van der Waals surface area (Å²) in [4.78, 5) is 14.7. The van der Waals surface area contributed by atoms with Gasteiger partial charge in [-0.3, -0.25) is 4.79 Å². The van der Waals surface area contributed by atoms with Crippen molar-refractivity contribution in [1.82, 2.24) is 4.98 Å². The molecule has 0 aliphatic carbocycles. The molecule has 1 unspecified atom stereocenters. The summed E-state index contributed by atoms with van der Waals surface area (Å²) in [6.07, 6.45) is 1.68. The van der Waals surface area contributed by atoms with E-state index in [1.807, 2.05) is 0 Å². The smallest absolute Gasteiger partial charge is 0.320 e. The second kappa shape index (κ2) is 6.76. The Morgan fingerprint density at radius 2 is 2.00 bits per heavy atom. The maximum Gasteiger partial charge on any atom is 0.320 e. The van der Waals surface area contributed by atoms with Gasteiger partial charge in [0.05, 0.1) is 5.02 Å². The molecule has 3 N–H and O–H groups in total. The SMILES string of the molecule is NC(Cc1ccc(Oc2ncc(Cl)cc2Cl)cc1)C(=O)O. The van der Waals surface area contributed by atoms with Crippen molar-refractivity contribution >= 4 is 29.2 Å². The number of rotatable bonds is 5. The number of benzene rings is 1.